The minimum atomic E-state index is 0.258. The van der Waals surface area contributed by atoms with Crippen LogP contribution in [-0.2, 0) is 12.8 Å². The fourth-order valence-corrected chi connectivity index (χ4v) is 3.06. The zero-order chi connectivity index (χ0) is 16.4. The highest BCUT2D eigenvalue weighted by Gasteiger charge is 2.17. The van der Waals surface area contributed by atoms with Crippen LogP contribution in [0.4, 0.5) is 11.4 Å². The molecule has 0 fully saturated rings. The molecule has 23 heavy (non-hydrogen) atoms. The van der Waals surface area contributed by atoms with Gasteiger partial charge in [0.1, 0.15) is 0 Å². The van der Waals surface area contributed by atoms with Crippen molar-refractivity contribution in [3.63, 3.8) is 0 Å². The Kier molecular flexibility index (Phi) is 4.33. The number of Topliss-reactive ketones (excluding diaryl/α,β-unsaturated/α-hetero) is 1. The molecule has 3 rings (SSSR count). The number of benzene rings is 1. The highest BCUT2D eigenvalue weighted by atomic mass is 16.5. The minimum Gasteiger partial charge on any atom is -0.481 e. The van der Waals surface area contributed by atoms with Gasteiger partial charge in [-0.1, -0.05) is 6.92 Å². The Bertz CT molecular complexity index is 753. The number of ketones is 1. The van der Waals surface area contributed by atoms with Gasteiger partial charge < -0.3 is 10.1 Å². The third kappa shape index (κ3) is 3.07. The Labute approximate surface area is 136 Å². The molecular weight excluding hydrogens is 288 g/mol. The van der Waals surface area contributed by atoms with Gasteiger partial charge in [0.25, 0.3) is 0 Å². The summed E-state index contributed by atoms with van der Waals surface area (Å²) in [5.41, 5.74) is 5.96. The average molecular weight is 310 g/mol. The third-order valence-corrected chi connectivity index (χ3v) is 4.36. The van der Waals surface area contributed by atoms with E-state index in [2.05, 4.69) is 29.4 Å². The Hall–Kier alpha value is -2.36. The lowest BCUT2D eigenvalue weighted by atomic mass is 9.90. The summed E-state index contributed by atoms with van der Waals surface area (Å²) in [6.45, 7) is 4.05. The van der Waals surface area contributed by atoms with Crippen molar-refractivity contribution in [2.24, 2.45) is 0 Å². The highest BCUT2D eigenvalue weighted by Crippen LogP contribution is 2.29. The molecule has 1 aromatic heterocycles. The van der Waals surface area contributed by atoms with E-state index in [0.717, 1.165) is 53.0 Å². The van der Waals surface area contributed by atoms with Gasteiger partial charge in [0.15, 0.2) is 5.78 Å². The molecule has 1 aromatic carbocycles. The zero-order valence-electron chi connectivity index (χ0n) is 13.9. The molecule has 0 amide bonds. The lowest BCUT2D eigenvalue weighted by molar-refractivity contribution is 0.0972. The molecule has 2 aromatic rings. The number of fused-ring (bicyclic) bond motifs is 1. The van der Waals surface area contributed by atoms with Gasteiger partial charge in [0.2, 0.25) is 5.88 Å². The predicted octanol–water partition coefficient (Wildman–Crippen LogP) is 4.22. The molecular formula is C19H22N2O2. The van der Waals surface area contributed by atoms with Crippen molar-refractivity contribution in [2.45, 2.75) is 39.5 Å². The first-order chi connectivity index (χ1) is 11.1. The largest absolute Gasteiger partial charge is 0.481 e. The second-order valence-electron chi connectivity index (χ2n) is 5.92. The lowest BCUT2D eigenvalue weighted by Crippen LogP contribution is -2.11. The Morgan fingerprint density at radius 2 is 2.09 bits per heavy atom. The normalized spacial score (nSPS) is 13.6. The first-order valence-electron chi connectivity index (χ1n) is 8.10. The molecule has 1 aliphatic rings. The molecule has 1 N–H and O–H groups in total. The predicted molar refractivity (Wildman–Crippen MR) is 91.9 cm³/mol. The molecule has 0 radical (unpaired) electrons. The van der Waals surface area contributed by atoms with E-state index in [1.165, 1.54) is 0 Å². The molecule has 4 nitrogen and oxygen atoms in total. The van der Waals surface area contributed by atoms with E-state index in [9.17, 15) is 4.79 Å². The monoisotopic (exact) mass is 310 g/mol. The minimum absolute atomic E-state index is 0.258. The Morgan fingerprint density at radius 1 is 1.26 bits per heavy atom. The molecule has 1 heterocycles. The van der Waals surface area contributed by atoms with Crippen molar-refractivity contribution >= 4 is 17.2 Å². The van der Waals surface area contributed by atoms with E-state index in [1.54, 1.807) is 7.11 Å². The van der Waals surface area contributed by atoms with Gasteiger partial charge in [-0.15, -0.1) is 0 Å². The van der Waals surface area contributed by atoms with Crippen LogP contribution in [0.3, 0.4) is 0 Å². The van der Waals surface area contributed by atoms with E-state index in [4.69, 9.17) is 4.74 Å². The summed E-state index contributed by atoms with van der Waals surface area (Å²) < 4.78 is 5.33. The van der Waals surface area contributed by atoms with Gasteiger partial charge in [-0.25, -0.2) is 4.98 Å². The summed E-state index contributed by atoms with van der Waals surface area (Å²) in [6, 6.07) is 8.08. The standard InChI is InChI=1S/C19H22N2O2/c1-4-13-11-17(12(2)20-19(13)23-3)21-15-8-9-16-14(10-15)6-5-7-18(16)22/h8-11,21H,4-7H2,1-3H3. The second-order valence-corrected chi connectivity index (χ2v) is 5.92. The zero-order valence-corrected chi connectivity index (χ0v) is 13.9. The van der Waals surface area contributed by atoms with Gasteiger partial charge in [-0.05, 0) is 56.0 Å². The molecule has 0 bridgehead atoms. The first-order valence-corrected chi connectivity index (χ1v) is 8.10. The molecule has 120 valence electrons. The number of aryl methyl sites for hydroxylation is 3. The lowest BCUT2D eigenvalue weighted by Gasteiger charge is -2.17. The average Bonchev–Trinajstić information content (AvgIpc) is 2.56. The second kappa shape index (κ2) is 6.41. The van der Waals surface area contributed by atoms with Gasteiger partial charge in [-0.3, -0.25) is 4.79 Å². The maximum atomic E-state index is 11.9. The van der Waals surface area contributed by atoms with Crippen molar-refractivity contribution in [1.82, 2.24) is 4.98 Å². The van der Waals surface area contributed by atoms with Crippen molar-refractivity contribution in [1.29, 1.82) is 0 Å². The summed E-state index contributed by atoms with van der Waals surface area (Å²) in [6.07, 6.45) is 3.44. The number of anilines is 2. The van der Waals surface area contributed by atoms with Crippen LogP contribution in [0.1, 0.15) is 46.9 Å². The van der Waals surface area contributed by atoms with Crippen molar-refractivity contribution < 1.29 is 9.53 Å². The van der Waals surface area contributed by atoms with Crippen LogP contribution in [0.15, 0.2) is 24.3 Å². The maximum absolute atomic E-state index is 11.9. The van der Waals surface area contributed by atoms with Crippen LogP contribution in [0, 0.1) is 6.92 Å². The number of rotatable bonds is 4. The van der Waals surface area contributed by atoms with Crippen LogP contribution in [0.5, 0.6) is 5.88 Å². The number of pyridine rings is 1. The molecule has 4 heteroatoms. The SMILES string of the molecule is CCc1cc(Nc2ccc3c(c2)CCCC3=O)c(C)nc1OC. The number of hydrogen-bond acceptors (Lipinski definition) is 4. The number of carbonyl (C=O) groups excluding carboxylic acids is 1. The number of ether oxygens (including phenoxy) is 1. The molecule has 0 aliphatic heterocycles. The molecule has 0 spiro atoms. The van der Waals surface area contributed by atoms with Gasteiger partial charge in [0, 0.05) is 23.2 Å². The van der Waals surface area contributed by atoms with Crippen molar-refractivity contribution in [2.75, 3.05) is 12.4 Å². The molecule has 0 saturated carbocycles. The molecule has 1 aliphatic carbocycles. The van der Waals surface area contributed by atoms with Crippen LogP contribution < -0.4 is 10.1 Å². The Balaban J connectivity index is 1.92. The highest BCUT2D eigenvalue weighted by molar-refractivity contribution is 5.98. The summed E-state index contributed by atoms with van der Waals surface area (Å²) >= 11 is 0. The van der Waals surface area contributed by atoms with Crippen LogP contribution >= 0.6 is 0 Å². The quantitative estimate of drug-likeness (QED) is 0.918. The van der Waals surface area contributed by atoms with E-state index in [-0.39, 0.29) is 5.78 Å². The number of aromatic nitrogens is 1. The number of nitrogens with one attached hydrogen (secondary N) is 1. The fraction of sp³-hybridized carbons (Fsp3) is 0.368. The van der Waals surface area contributed by atoms with Gasteiger partial charge in [-0.2, -0.15) is 0 Å². The first kappa shape index (κ1) is 15.5. The van der Waals surface area contributed by atoms with Gasteiger partial charge in [0.05, 0.1) is 18.5 Å². The smallest absolute Gasteiger partial charge is 0.216 e. The summed E-state index contributed by atoms with van der Waals surface area (Å²) in [7, 11) is 1.65. The molecule has 0 atom stereocenters. The van der Waals surface area contributed by atoms with E-state index >= 15 is 0 Å². The number of hydrogen-bond donors (Lipinski definition) is 1. The summed E-state index contributed by atoms with van der Waals surface area (Å²) in [5, 5.41) is 3.43. The number of nitrogens with zero attached hydrogens (tertiary/aromatic N) is 1. The van der Waals surface area contributed by atoms with Gasteiger partial charge >= 0.3 is 0 Å². The molecule has 0 unspecified atom stereocenters. The van der Waals surface area contributed by atoms with Crippen LogP contribution in [0.2, 0.25) is 0 Å². The topological polar surface area (TPSA) is 51.2 Å². The summed E-state index contributed by atoms with van der Waals surface area (Å²) in [5.74, 6) is 0.944. The summed E-state index contributed by atoms with van der Waals surface area (Å²) in [4.78, 5) is 16.4. The van der Waals surface area contributed by atoms with Crippen molar-refractivity contribution in [3.05, 3.63) is 46.6 Å². The Morgan fingerprint density at radius 3 is 2.83 bits per heavy atom. The van der Waals surface area contributed by atoms with E-state index in [1.807, 2.05) is 19.1 Å². The van der Waals surface area contributed by atoms with E-state index in [0.29, 0.717) is 12.3 Å². The third-order valence-electron chi connectivity index (χ3n) is 4.36. The fourth-order valence-electron chi connectivity index (χ4n) is 3.06. The number of methoxy groups -OCH3 is 1. The van der Waals surface area contributed by atoms with E-state index < -0.39 is 0 Å². The van der Waals surface area contributed by atoms with Crippen LogP contribution in [0.25, 0.3) is 0 Å². The van der Waals surface area contributed by atoms with Crippen molar-refractivity contribution in [3.8, 4) is 5.88 Å². The maximum Gasteiger partial charge on any atom is 0.216 e. The number of carbonyl (C=O) groups is 1. The molecule has 0 saturated heterocycles. The van der Waals surface area contributed by atoms with Crippen LogP contribution in [-0.4, -0.2) is 17.9 Å².